The van der Waals surface area contributed by atoms with E-state index in [1.165, 1.54) is 6.20 Å². The van der Waals surface area contributed by atoms with Gasteiger partial charge in [0.05, 0.1) is 11.0 Å². The second-order valence-electron chi connectivity index (χ2n) is 2.05. The highest BCUT2D eigenvalue weighted by molar-refractivity contribution is 5.75. The monoisotopic (exact) mass is 133 g/mol. The van der Waals surface area contributed by atoms with Crippen LogP contribution in [0.3, 0.4) is 0 Å². The highest BCUT2D eigenvalue weighted by atomic mass is 16.5. The Morgan fingerprint density at radius 3 is 3.10 bits per heavy atom. The molecule has 2 rings (SSSR count). The van der Waals surface area contributed by atoms with E-state index in [2.05, 4.69) is 4.98 Å². The summed E-state index contributed by atoms with van der Waals surface area (Å²) in [6.45, 7) is 0. The van der Waals surface area contributed by atoms with E-state index in [1.807, 2.05) is 0 Å². The van der Waals surface area contributed by atoms with Crippen molar-refractivity contribution in [2.45, 2.75) is 0 Å². The lowest BCUT2D eigenvalue weighted by Crippen LogP contribution is -1.80. The number of aromatic nitrogens is 2. The molecule has 0 saturated heterocycles. The molecule has 2 heterocycles. The van der Waals surface area contributed by atoms with Crippen LogP contribution in [0.2, 0.25) is 0 Å². The van der Waals surface area contributed by atoms with Crippen molar-refractivity contribution in [3.8, 4) is 0 Å². The Balaban J connectivity index is 2.93. The van der Waals surface area contributed by atoms with Crippen molar-refractivity contribution >= 4 is 11.0 Å². The third kappa shape index (κ3) is 0.572. The van der Waals surface area contributed by atoms with Crippen molar-refractivity contribution in [2.24, 2.45) is 0 Å². The fourth-order valence-corrected chi connectivity index (χ4v) is 0.942. The van der Waals surface area contributed by atoms with Gasteiger partial charge in [-0.15, -0.1) is 0 Å². The minimum atomic E-state index is 0.627. The second-order valence-corrected chi connectivity index (χ2v) is 2.05. The van der Waals surface area contributed by atoms with Gasteiger partial charge in [0.25, 0.3) is 0 Å². The zero-order chi connectivity index (χ0) is 6.97. The Bertz CT molecular complexity index is 353. The van der Waals surface area contributed by atoms with E-state index in [9.17, 15) is 5.21 Å². The Labute approximate surface area is 57.5 Å². The predicted octanol–water partition coefficient (Wildman–Crippen LogP) is 1.38. The molecule has 0 aliphatic heterocycles. The first-order valence-corrected chi connectivity index (χ1v) is 2.97. The highest BCUT2D eigenvalue weighted by Gasteiger charge is 1.91. The molecule has 0 unspecified atom stereocenters. The summed E-state index contributed by atoms with van der Waals surface area (Å²) in [6, 6.07) is 5.19. The normalized spacial score (nSPS) is 10.4. The number of hydrogen-bond acceptors (Lipinski definition) is 2. The third-order valence-corrected chi connectivity index (χ3v) is 1.42. The Morgan fingerprint density at radius 2 is 2.30 bits per heavy atom. The minimum absolute atomic E-state index is 0.627. The van der Waals surface area contributed by atoms with Gasteiger partial charge in [-0.2, -0.15) is 0 Å². The molecule has 0 aliphatic rings. The van der Waals surface area contributed by atoms with E-state index in [0.717, 1.165) is 10.2 Å². The molecule has 0 spiro atoms. The summed E-state index contributed by atoms with van der Waals surface area (Å²) in [5.74, 6) is 0. The average Bonchev–Trinajstić information content (AvgIpc) is 2.34. The molecule has 0 fully saturated rings. The van der Waals surface area contributed by atoms with Crippen molar-refractivity contribution in [3.05, 3.63) is 35.8 Å². The number of hydrogen-bond donors (Lipinski definition) is 0. The minimum Gasteiger partial charge on any atom is -0.805 e. The molecule has 0 saturated carbocycles. The molecule has 50 valence electrons. The first-order chi connectivity index (χ1) is 4.88. The predicted molar refractivity (Wildman–Crippen MR) is 38.5 cm³/mol. The van der Waals surface area contributed by atoms with E-state index in [-0.39, 0.29) is 0 Å². The Kier molecular flexibility index (Phi) is 0.917. The van der Waals surface area contributed by atoms with Crippen LogP contribution in [0, 0.1) is 5.21 Å². The van der Waals surface area contributed by atoms with Gasteiger partial charge in [-0.1, -0.05) is 0 Å². The Morgan fingerprint density at radius 1 is 1.40 bits per heavy atom. The molecule has 0 N–H and O–H groups in total. The molecule has 2 aromatic heterocycles. The zero-order valence-electron chi connectivity index (χ0n) is 5.19. The lowest BCUT2D eigenvalue weighted by atomic mass is 10.4. The van der Waals surface area contributed by atoms with E-state index >= 15 is 0 Å². The van der Waals surface area contributed by atoms with Gasteiger partial charge in [0.2, 0.25) is 0 Å². The first-order valence-electron chi connectivity index (χ1n) is 2.97. The summed E-state index contributed by atoms with van der Waals surface area (Å²) < 4.78 is 0.808. The summed E-state index contributed by atoms with van der Waals surface area (Å²) in [7, 11) is 0. The lowest BCUT2D eigenvalue weighted by molar-refractivity contribution is 1.15. The number of pyridine rings is 1. The van der Waals surface area contributed by atoms with Crippen molar-refractivity contribution < 1.29 is 0 Å². The highest BCUT2D eigenvalue weighted by Crippen LogP contribution is 2.09. The summed E-state index contributed by atoms with van der Waals surface area (Å²) >= 11 is 0. The number of nitrogens with zero attached hydrogens (tertiary/aromatic N) is 2. The molecule has 0 bridgehead atoms. The van der Waals surface area contributed by atoms with E-state index in [4.69, 9.17) is 0 Å². The summed E-state index contributed by atoms with van der Waals surface area (Å²) in [6.07, 6.45) is 3.12. The molecular formula is C7H5N2O-. The van der Waals surface area contributed by atoms with Crippen LogP contribution in [0.1, 0.15) is 0 Å². The molecule has 3 heteroatoms. The fraction of sp³-hybridized carbons (Fsp3) is 0. The molecule has 0 radical (unpaired) electrons. The van der Waals surface area contributed by atoms with Gasteiger partial charge in [-0.05, 0) is 18.2 Å². The third-order valence-electron chi connectivity index (χ3n) is 1.42. The zero-order valence-corrected chi connectivity index (χ0v) is 5.19. The van der Waals surface area contributed by atoms with Crippen molar-refractivity contribution in [3.63, 3.8) is 0 Å². The van der Waals surface area contributed by atoms with Crippen LogP contribution < -0.4 is 0 Å². The van der Waals surface area contributed by atoms with Crippen molar-refractivity contribution in [1.29, 1.82) is 0 Å². The molecule has 3 nitrogen and oxygen atoms in total. The summed E-state index contributed by atoms with van der Waals surface area (Å²) in [4.78, 5) is 3.98. The van der Waals surface area contributed by atoms with Gasteiger partial charge < -0.3 is 9.94 Å². The van der Waals surface area contributed by atoms with Gasteiger partial charge in [0.1, 0.15) is 0 Å². The summed E-state index contributed by atoms with van der Waals surface area (Å²) in [5, 5.41) is 10.9. The van der Waals surface area contributed by atoms with Crippen LogP contribution in [-0.2, 0) is 0 Å². The SMILES string of the molecule is [O-]n1ccc2ncccc21. The molecule has 2 aromatic rings. The maximum absolute atomic E-state index is 10.9. The quantitative estimate of drug-likeness (QED) is 0.544. The lowest BCUT2D eigenvalue weighted by Gasteiger charge is -2.05. The van der Waals surface area contributed by atoms with Crippen LogP contribution in [-0.4, -0.2) is 9.71 Å². The molecule has 10 heavy (non-hydrogen) atoms. The smallest absolute Gasteiger partial charge is 0.0877 e. The molecule has 0 aromatic carbocycles. The van der Waals surface area contributed by atoms with Gasteiger partial charge in [0.15, 0.2) is 0 Å². The van der Waals surface area contributed by atoms with E-state index < -0.39 is 0 Å². The van der Waals surface area contributed by atoms with E-state index in [1.54, 1.807) is 24.4 Å². The molecular weight excluding hydrogens is 128 g/mol. The first kappa shape index (κ1) is 5.29. The van der Waals surface area contributed by atoms with Gasteiger partial charge >= 0.3 is 0 Å². The van der Waals surface area contributed by atoms with Crippen LogP contribution in [0.15, 0.2) is 30.6 Å². The molecule has 0 aliphatic carbocycles. The van der Waals surface area contributed by atoms with Gasteiger partial charge in [0, 0.05) is 12.4 Å². The average molecular weight is 133 g/mol. The van der Waals surface area contributed by atoms with Crippen molar-refractivity contribution in [1.82, 2.24) is 9.71 Å². The number of rotatable bonds is 0. The van der Waals surface area contributed by atoms with E-state index in [0.29, 0.717) is 5.52 Å². The second kappa shape index (κ2) is 1.73. The van der Waals surface area contributed by atoms with Crippen LogP contribution in [0.25, 0.3) is 11.0 Å². The van der Waals surface area contributed by atoms with Gasteiger partial charge in [-0.3, -0.25) is 4.98 Å². The van der Waals surface area contributed by atoms with Crippen molar-refractivity contribution in [2.75, 3.05) is 0 Å². The van der Waals surface area contributed by atoms with Gasteiger partial charge in [-0.25, -0.2) is 0 Å². The van der Waals surface area contributed by atoms with Crippen LogP contribution in [0.4, 0.5) is 0 Å². The fourth-order valence-electron chi connectivity index (χ4n) is 0.942. The standard InChI is InChI=1S/C7H5N2O/c10-9-5-3-6-7(9)2-1-4-8-6/h1-5H/q-1. The summed E-state index contributed by atoms with van der Waals surface area (Å²) in [5.41, 5.74) is 1.38. The molecule has 0 atom stereocenters. The largest absolute Gasteiger partial charge is 0.805 e. The Hall–Kier alpha value is -1.51. The number of fused-ring (bicyclic) bond motifs is 1. The topological polar surface area (TPSA) is 40.9 Å². The maximum atomic E-state index is 10.9. The van der Waals surface area contributed by atoms with Crippen LogP contribution in [0.5, 0.6) is 0 Å². The van der Waals surface area contributed by atoms with Crippen LogP contribution >= 0.6 is 0 Å². The maximum Gasteiger partial charge on any atom is 0.0877 e. The molecule has 0 amide bonds.